The summed E-state index contributed by atoms with van der Waals surface area (Å²) >= 11 is 0. The molecule has 4 rings (SSSR count). The van der Waals surface area contributed by atoms with Crippen molar-refractivity contribution in [2.24, 2.45) is 12.8 Å². The van der Waals surface area contributed by atoms with Gasteiger partial charge in [0.15, 0.2) is 0 Å². The van der Waals surface area contributed by atoms with Gasteiger partial charge in [-0.2, -0.15) is 13.9 Å². The van der Waals surface area contributed by atoms with E-state index in [9.17, 15) is 18.4 Å². The van der Waals surface area contributed by atoms with E-state index in [0.29, 0.717) is 5.69 Å². The number of aliphatic hydroxyl groups excluding tert-OH is 1. The molecular formula is C26H23F3N4O3. The van der Waals surface area contributed by atoms with Gasteiger partial charge in [0.25, 0.3) is 17.4 Å². The molecule has 3 N–H and O–H groups in total. The fourth-order valence-electron chi connectivity index (χ4n) is 4.32. The van der Waals surface area contributed by atoms with Gasteiger partial charge in [-0.3, -0.25) is 18.8 Å². The van der Waals surface area contributed by atoms with E-state index in [4.69, 9.17) is 10.8 Å². The number of nitrogens with zero attached hydrogens (tertiary/aromatic N) is 3. The van der Waals surface area contributed by atoms with E-state index >= 15 is 4.39 Å². The summed E-state index contributed by atoms with van der Waals surface area (Å²) in [5.41, 5.74) is 5.72. The van der Waals surface area contributed by atoms with Gasteiger partial charge in [-0.25, -0.2) is 4.39 Å². The maximum Gasteiger partial charge on any atom is 0.298 e. The van der Waals surface area contributed by atoms with E-state index in [0.717, 1.165) is 17.3 Å². The predicted molar refractivity (Wildman–Crippen MR) is 128 cm³/mol. The van der Waals surface area contributed by atoms with Crippen molar-refractivity contribution in [3.05, 3.63) is 105 Å². The summed E-state index contributed by atoms with van der Waals surface area (Å²) in [5.74, 6) is -6.98. The molecule has 1 atom stereocenters. The van der Waals surface area contributed by atoms with Crippen LogP contribution in [0.3, 0.4) is 0 Å². The molecule has 0 aliphatic heterocycles. The zero-order valence-electron chi connectivity index (χ0n) is 19.5. The van der Waals surface area contributed by atoms with Crippen molar-refractivity contribution in [3.8, 4) is 16.9 Å². The highest BCUT2D eigenvalue weighted by Crippen LogP contribution is 2.36. The zero-order valence-corrected chi connectivity index (χ0v) is 19.5. The molecule has 4 aromatic rings. The van der Waals surface area contributed by atoms with E-state index in [1.165, 1.54) is 35.8 Å². The lowest BCUT2D eigenvalue weighted by Crippen LogP contribution is -2.28. The van der Waals surface area contributed by atoms with Crippen LogP contribution in [0.5, 0.6) is 0 Å². The number of pyridine rings is 1. The second-order valence-electron chi connectivity index (χ2n) is 8.35. The fourth-order valence-corrected chi connectivity index (χ4v) is 4.32. The summed E-state index contributed by atoms with van der Waals surface area (Å²) in [7, 11) is 1.76. The van der Waals surface area contributed by atoms with Gasteiger partial charge in [-0.15, -0.1) is 0 Å². The van der Waals surface area contributed by atoms with E-state index < -0.39 is 41.3 Å². The summed E-state index contributed by atoms with van der Waals surface area (Å²) in [6, 6.07) is 14.4. The Kier molecular flexibility index (Phi) is 6.55. The molecule has 0 spiro atoms. The van der Waals surface area contributed by atoms with Crippen LogP contribution in [0.2, 0.25) is 0 Å². The number of nitrogens with two attached hydrogens (primary N) is 1. The maximum atomic E-state index is 15.3. The first-order valence-corrected chi connectivity index (χ1v) is 11.0. The molecule has 0 saturated carbocycles. The van der Waals surface area contributed by atoms with E-state index in [2.05, 4.69) is 5.10 Å². The average Bonchev–Trinajstić information content (AvgIpc) is 3.29. The molecular weight excluding hydrogens is 473 g/mol. The first-order chi connectivity index (χ1) is 17.1. The number of carbonyl (C=O) groups is 1. The SMILES string of the molecule is CC(c1cccc(C(F)(F)CO)c1F)c1c(C(N)=O)ccc(=O)n1-c1cccc(-c2ccnn2C)c1. The van der Waals surface area contributed by atoms with Gasteiger partial charge >= 0.3 is 0 Å². The Morgan fingerprint density at radius 1 is 1.14 bits per heavy atom. The molecule has 0 aliphatic carbocycles. The number of aromatic nitrogens is 3. The van der Waals surface area contributed by atoms with Crippen LogP contribution in [0.25, 0.3) is 16.9 Å². The van der Waals surface area contributed by atoms with Gasteiger partial charge in [0.1, 0.15) is 12.4 Å². The van der Waals surface area contributed by atoms with Gasteiger partial charge in [0, 0.05) is 42.2 Å². The van der Waals surface area contributed by atoms with Crippen molar-refractivity contribution < 1.29 is 23.1 Å². The lowest BCUT2D eigenvalue weighted by Gasteiger charge is -2.24. The third kappa shape index (κ3) is 4.31. The third-order valence-electron chi connectivity index (χ3n) is 6.11. The highest BCUT2D eigenvalue weighted by molar-refractivity contribution is 5.94. The molecule has 0 saturated heterocycles. The number of rotatable bonds is 7. The Bertz CT molecular complexity index is 1510. The number of alkyl halides is 2. The average molecular weight is 496 g/mol. The van der Waals surface area contributed by atoms with E-state index in [-0.39, 0.29) is 16.8 Å². The first kappa shape index (κ1) is 24.9. The van der Waals surface area contributed by atoms with Crippen molar-refractivity contribution in [3.63, 3.8) is 0 Å². The molecule has 2 heterocycles. The van der Waals surface area contributed by atoms with Gasteiger partial charge in [0.2, 0.25) is 0 Å². The summed E-state index contributed by atoms with van der Waals surface area (Å²) in [6.07, 6.45) is 1.62. The summed E-state index contributed by atoms with van der Waals surface area (Å²) in [6.45, 7) is -0.0902. The van der Waals surface area contributed by atoms with Gasteiger partial charge < -0.3 is 10.8 Å². The highest BCUT2D eigenvalue weighted by Gasteiger charge is 2.36. The highest BCUT2D eigenvalue weighted by atomic mass is 19.3. The molecule has 186 valence electrons. The van der Waals surface area contributed by atoms with E-state index in [1.807, 2.05) is 6.07 Å². The number of amides is 1. The van der Waals surface area contributed by atoms with Crippen LogP contribution in [0.1, 0.15) is 40.0 Å². The van der Waals surface area contributed by atoms with Crippen LogP contribution < -0.4 is 11.3 Å². The van der Waals surface area contributed by atoms with Crippen molar-refractivity contribution in [1.82, 2.24) is 14.3 Å². The van der Waals surface area contributed by atoms with Crippen molar-refractivity contribution in [2.75, 3.05) is 6.61 Å². The second-order valence-corrected chi connectivity index (χ2v) is 8.35. The molecule has 2 aromatic carbocycles. The first-order valence-electron chi connectivity index (χ1n) is 11.0. The Labute approximate surface area is 204 Å². The summed E-state index contributed by atoms with van der Waals surface area (Å²) in [4.78, 5) is 25.5. The fraction of sp³-hybridized carbons (Fsp3) is 0.192. The van der Waals surface area contributed by atoms with Gasteiger partial charge in [0.05, 0.1) is 16.8 Å². The Morgan fingerprint density at radius 2 is 1.86 bits per heavy atom. The molecule has 2 aromatic heterocycles. The quantitative estimate of drug-likeness (QED) is 0.407. The molecule has 0 fully saturated rings. The molecule has 1 amide bonds. The van der Waals surface area contributed by atoms with Crippen LogP contribution in [0.4, 0.5) is 13.2 Å². The standard InChI is InChI=1S/C26H23F3N4O3/c1-15(18-7-4-8-20(23(18)27)26(28,29)14-34)24-19(25(30)36)9-10-22(35)33(24)17-6-3-5-16(13-17)21-11-12-31-32(21)2/h3-13,15,34H,14H2,1-2H3,(H2,30,36). The maximum absolute atomic E-state index is 15.3. The number of halogens is 3. The monoisotopic (exact) mass is 496 g/mol. The number of aliphatic hydroxyl groups is 1. The van der Waals surface area contributed by atoms with Crippen LogP contribution in [-0.4, -0.2) is 32.0 Å². The molecule has 0 radical (unpaired) electrons. The third-order valence-corrected chi connectivity index (χ3v) is 6.11. The number of benzene rings is 2. The van der Waals surface area contributed by atoms with Crippen LogP contribution >= 0.6 is 0 Å². The molecule has 1 unspecified atom stereocenters. The van der Waals surface area contributed by atoms with Crippen molar-refractivity contribution in [1.29, 1.82) is 0 Å². The number of hydrogen-bond acceptors (Lipinski definition) is 4. The molecule has 36 heavy (non-hydrogen) atoms. The summed E-state index contributed by atoms with van der Waals surface area (Å²) < 4.78 is 46.6. The molecule has 7 nitrogen and oxygen atoms in total. The number of primary amides is 1. The second kappa shape index (κ2) is 9.46. The van der Waals surface area contributed by atoms with Gasteiger partial charge in [-0.1, -0.05) is 31.2 Å². The smallest absolute Gasteiger partial charge is 0.298 e. The Balaban J connectivity index is 1.97. The van der Waals surface area contributed by atoms with Crippen LogP contribution in [0, 0.1) is 5.82 Å². The molecule has 0 bridgehead atoms. The lowest BCUT2D eigenvalue weighted by molar-refractivity contribution is -0.0583. The minimum Gasteiger partial charge on any atom is -0.390 e. The van der Waals surface area contributed by atoms with Crippen LogP contribution in [-0.2, 0) is 13.0 Å². The lowest BCUT2D eigenvalue weighted by atomic mass is 9.90. The normalized spacial score (nSPS) is 12.5. The number of hydrogen-bond donors (Lipinski definition) is 2. The molecule has 0 aliphatic rings. The van der Waals surface area contributed by atoms with Crippen molar-refractivity contribution >= 4 is 5.91 Å². The van der Waals surface area contributed by atoms with E-state index in [1.54, 1.807) is 42.2 Å². The largest absolute Gasteiger partial charge is 0.390 e. The van der Waals surface area contributed by atoms with Crippen LogP contribution in [0.15, 0.2) is 71.7 Å². The summed E-state index contributed by atoms with van der Waals surface area (Å²) in [5, 5.41) is 13.2. The molecule has 10 heteroatoms. The number of carbonyl (C=O) groups excluding carboxylic acids is 1. The number of aryl methyl sites for hydroxylation is 1. The Hall–Kier alpha value is -4.18. The zero-order chi connectivity index (χ0) is 26.2. The van der Waals surface area contributed by atoms with Crippen molar-refractivity contribution in [2.45, 2.75) is 18.8 Å². The predicted octanol–water partition coefficient (Wildman–Crippen LogP) is 3.71. The Morgan fingerprint density at radius 3 is 2.50 bits per heavy atom. The minimum absolute atomic E-state index is 0.0421. The topological polar surface area (TPSA) is 103 Å². The minimum atomic E-state index is -3.82. The van der Waals surface area contributed by atoms with Gasteiger partial charge in [-0.05, 0) is 35.9 Å².